The van der Waals surface area contributed by atoms with Gasteiger partial charge >= 0.3 is 0 Å². The van der Waals surface area contributed by atoms with Gasteiger partial charge < -0.3 is 10.1 Å². The highest BCUT2D eigenvalue weighted by molar-refractivity contribution is 5.48. The molecule has 0 aliphatic heterocycles. The molecule has 16 heavy (non-hydrogen) atoms. The SMILES string of the molecule is CCC(C)Oc1cccc(NCC(C)C)c1. The van der Waals surface area contributed by atoms with E-state index in [0.717, 1.165) is 24.4 Å². The Kier molecular flexibility index (Phi) is 5.17. The molecule has 2 heteroatoms. The van der Waals surface area contributed by atoms with E-state index in [1.165, 1.54) is 0 Å². The molecule has 2 nitrogen and oxygen atoms in total. The Labute approximate surface area is 99.0 Å². The van der Waals surface area contributed by atoms with E-state index >= 15 is 0 Å². The van der Waals surface area contributed by atoms with Crippen LogP contribution < -0.4 is 10.1 Å². The molecule has 0 saturated heterocycles. The van der Waals surface area contributed by atoms with Crippen molar-refractivity contribution in [3.05, 3.63) is 24.3 Å². The van der Waals surface area contributed by atoms with Gasteiger partial charge in [0.05, 0.1) is 6.10 Å². The summed E-state index contributed by atoms with van der Waals surface area (Å²) in [6.45, 7) is 9.62. The Hall–Kier alpha value is -1.18. The van der Waals surface area contributed by atoms with Gasteiger partial charge in [0.15, 0.2) is 0 Å². The van der Waals surface area contributed by atoms with Crippen LogP contribution in [0.4, 0.5) is 5.69 Å². The second-order valence-electron chi connectivity index (χ2n) is 4.64. The molecular formula is C14H23NO. The molecule has 1 rings (SSSR count). The zero-order valence-electron chi connectivity index (χ0n) is 10.8. The lowest BCUT2D eigenvalue weighted by Gasteiger charge is -2.14. The van der Waals surface area contributed by atoms with Crippen LogP contribution in [0.1, 0.15) is 34.1 Å². The molecule has 0 bridgehead atoms. The van der Waals surface area contributed by atoms with Gasteiger partial charge in [-0.2, -0.15) is 0 Å². The van der Waals surface area contributed by atoms with Crippen molar-refractivity contribution in [1.82, 2.24) is 0 Å². The van der Waals surface area contributed by atoms with Gasteiger partial charge in [0.2, 0.25) is 0 Å². The molecule has 0 heterocycles. The minimum absolute atomic E-state index is 0.278. The fourth-order valence-corrected chi connectivity index (χ4v) is 1.32. The molecule has 1 unspecified atom stereocenters. The Balaban J connectivity index is 2.56. The maximum atomic E-state index is 5.77. The predicted octanol–water partition coefficient (Wildman–Crippen LogP) is 3.93. The maximum Gasteiger partial charge on any atom is 0.121 e. The lowest BCUT2D eigenvalue weighted by molar-refractivity contribution is 0.217. The van der Waals surface area contributed by atoms with Crippen LogP contribution in [0, 0.1) is 5.92 Å². The van der Waals surface area contributed by atoms with Gasteiger partial charge in [-0.25, -0.2) is 0 Å². The summed E-state index contributed by atoms with van der Waals surface area (Å²) in [7, 11) is 0. The van der Waals surface area contributed by atoms with Crippen LogP contribution in [-0.2, 0) is 0 Å². The third-order valence-electron chi connectivity index (χ3n) is 2.46. The highest BCUT2D eigenvalue weighted by Gasteiger charge is 2.02. The second-order valence-corrected chi connectivity index (χ2v) is 4.64. The van der Waals surface area contributed by atoms with Crippen LogP contribution in [0.25, 0.3) is 0 Å². The molecule has 0 aromatic heterocycles. The van der Waals surface area contributed by atoms with Crippen LogP contribution in [0.5, 0.6) is 5.75 Å². The number of hydrogen-bond acceptors (Lipinski definition) is 2. The Bertz CT molecular complexity index is 309. The molecule has 0 aliphatic carbocycles. The van der Waals surface area contributed by atoms with Gasteiger partial charge in [-0.1, -0.05) is 26.8 Å². The number of hydrogen-bond donors (Lipinski definition) is 1. The van der Waals surface area contributed by atoms with Crippen molar-refractivity contribution in [3.8, 4) is 5.75 Å². The first-order chi connectivity index (χ1) is 7.61. The fourth-order valence-electron chi connectivity index (χ4n) is 1.32. The molecular weight excluding hydrogens is 198 g/mol. The number of benzene rings is 1. The van der Waals surface area contributed by atoms with Crippen molar-refractivity contribution >= 4 is 5.69 Å². The molecule has 90 valence electrons. The van der Waals surface area contributed by atoms with E-state index in [9.17, 15) is 0 Å². The van der Waals surface area contributed by atoms with Gasteiger partial charge in [-0.05, 0) is 31.4 Å². The van der Waals surface area contributed by atoms with Crippen molar-refractivity contribution in [3.63, 3.8) is 0 Å². The molecule has 1 aromatic carbocycles. The van der Waals surface area contributed by atoms with Gasteiger partial charge in [-0.3, -0.25) is 0 Å². The van der Waals surface area contributed by atoms with Crippen LogP contribution >= 0.6 is 0 Å². The van der Waals surface area contributed by atoms with Crippen LogP contribution in [-0.4, -0.2) is 12.6 Å². The van der Waals surface area contributed by atoms with E-state index in [2.05, 4.69) is 45.1 Å². The average Bonchev–Trinajstić information content (AvgIpc) is 2.26. The van der Waals surface area contributed by atoms with Crippen molar-refractivity contribution < 1.29 is 4.74 Å². The number of rotatable bonds is 6. The molecule has 1 atom stereocenters. The third-order valence-corrected chi connectivity index (χ3v) is 2.46. The van der Waals surface area contributed by atoms with Crippen molar-refractivity contribution in [2.24, 2.45) is 5.92 Å². The second kappa shape index (κ2) is 6.41. The Morgan fingerprint density at radius 2 is 2.00 bits per heavy atom. The molecule has 0 amide bonds. The molecule has 1 aromatic rings. The molecule has 0 radical (unpaired) electrons. The summed E-state index contributed by atoms with van der Waals surface area (Å²) in [5, 5.41) is 3.40. The summed E-state index contributed by atoms with van der Waals surface area (Å²) in [5.74, 6) is 1.60. The Morgan fingerprint density at radius 1 is 1.25 bits per heavy atom. The third kappa shape index (κ3) is 4.56. The minimum Gasteiger partial charge on any atom is -0.491 e. The predicted molar refractivity (Wildman–Crippen MR) is 70.2 cm³/mol. The lowest BCUT2D eigenvalue weighted by atomic mass is 10.2. The van der Waals surface area contributed by atoms with E-state index in [1.807, 2.05) is 12.1 Å². The summed E-state index contributed by atoms with van der Waals surface area (Å²) in [4.78, 5) is 0. The minimum atomic E-state index is 0.278. The smallest absolute Gasteiger partial charge is 0.121 e. The number of ether oxygens (including phenoxy) is 1. The van der Waals surface area contributed by atoms with E-state index in [0.29, 0.717) is 5.92 Å². The first-order valence-corrected chi connectivity index (χ1v) is 6.12. The maximum absolute atomic E-state index is 5.77. The van der Waals surface area contributed by atoms with Crippen molar-refractivity contribution in [2.45, 2.75) is 40.2 Å². The monoisotopic (exact) mass is 221 g/mol. The summed E-state index contributed by atoms with van der Waals surface area (Å²) in [6.07, 6.45) is 1.31. The normalized spacial score (nSPS) is 12.6. The molecule has 0 saturated carbocycles. The van der Waals surface area contributed by atoms with E-state index in [4.69, 9.17) is 4.74 Å². The van der Waals surface area contributed by atoms with E-state index in [1.54, 1.807) is 0 Å². The summed E-state index contributed by atoms with van der Waals surface area (Å²) >= 11 is 0. The molecule has 1 N–H and O–H groups in total. The zero-order valence-corrected chi connectivity index (χ0v) is 10.8. The van der Waals surface area contributed by atoms with E-state index < -0.39 is 0 Å². The Morgan fingerprint density at radius 3 is 2.62 bits per heavy atom. The van der Waals surface area contributed by atoms with Crippen molar-refractivity contribution in [2.75, 3.05) is 11.9 Å². The quantitative estimate of drug-likeness (QED) is 0.785. The van der Waals surface area contributed by atoms with Crippen LogP contribution in [0.3, 0.4) is 0 Å². The fraction of sp³-hybridized carbons (Fsp3) is 0.571. The van der Waals surface area contributed by atoms with E-state index in [-0.39, 0.29) is 6.10 Å². The van der Waals surface area contributed by atoms with Crippen LogP contribution in [0.2, 0.25) is 0 Å². The molecule has 0 spiro atoms. The molecule has 0 aliphatic rings. The van der Waals surface area contributed by atoms with Crippen LogP contribution in [0.15, 0.2) is 24.3 Å². The van der Waals surface area contributed by atoms with Gasteiger partial charge in [0, 0.05) is 18.3 Å². The number of anilines is 1. The number of nitrogens with one attached hydrogen (secondary N) is 1. The average molecular weight is 221 g/mol. The largest absolute Gasteiger partial charge is 0.491 e. The van der Waals surface area contributed by atoms with Gasteiger partial charge in [0.25, 0.3) is 0 Å². The summed E-state index contributed by atoms with van der Waals surface area (Å²) < 4.78 is 5.77. The molecule has 0 fully saturated rings. The van der Waals surface area contributed by atoms with Gasteiger partial charge in [-0.15, -0.1) is 0 Å². The van der Waals surface area contributed by atoms with Gasteiger partial charge in [0.1, 0.15) is 5.75 Å². The zero-order chi connectivity index (χ0) is 12.0. The van der Waals surface area contributed by atoms with Crippen molar-refractivity contribution in [1.29, 1.82) is 0 Å². The highest BCUT2D eigenvalue weighted by atomic mass is 16.5. The standard InChI is InChI=1S/C14H23NO/c1-5-12(4)16-14-8-6-7-13(9-14)15-10-11(2)3/h6-9,11-12,15H,5,10H2,1-4H3. The lowest BCUT2D eigenvalue weighted by Crippen LogP contribution is -2.11. The topological polar surface area (TPSA) is 21.3 Å². The summed E-state index contributed by atoms with van der Waals surface area (Å²) in [5.41, 5.74) is 1.13. The first kappa shape index (κ1) is 12.9. The summed E-state index contributed by atoms with van der Waals surface area (Å²) in [6, 6.07) is 8.17. The first-order valence-electron chi connectivity index (χ1n) is 6.12. The highest BCUT2D eigenvalue weighted by Crippen LogP contribution is 2.19.